The van der Waals surface area contributed by atoms with Crippen LogP contribution < -0.4 is 9.46 Å². The van der Waals surface area contributed by atoms with Gasteiger partial charge in [0.05, 0.1) is 4.90 Å². The molecule has 2 aromatic carbocycles. The molecule has 1 N–H and O–H groups in total. The summed E-state index contributed by atoms with van der Waals surface area (Å²) < 4.78 is 37.0. The van der Waals surface area contributed by atoms with Crippen molar-refractivity contribution in [2.75, 3.05) is 13.2 Å². The van der Waals surface area contributed by atoms with E-state index in [0.29, 0.717) is 10.8 Å². The van der Waals surface area contributed by atoms with Crippen molar-refractivity contribution in [3.8, 4) is 5.75 Å². The summed E-state index contributed by atoms with van der Waals surface area (Å²) >= 11 is 5.83. The van der Waals surface area contributed by atoms with Crippen molar-refractivity contribution in [2.24, 2.45) is 0 Å². The smallest absolute Gasteiger partial charge is 0.324 e. The Labute approximate surface area is 151 Å². The van der Waals surface area contributed by atoms with Gasteiger partial charge < -0.3 is 9.47 Å². The number of hydrogen-bond donors (Lipinski definition) is 1. The van der Waals surface area contributed by atoms with Crippen LogP contribution in [0.3, 0.4) is 0 Å². The molecule has 0 aliphatic rings. The first kappa shape index (κ1) is 19.2. The lowest BCUT2D eigenvalue weighted by atomic mass is 10.3. The molecule has 2 rings (SSSR count). The fourth-order valence-corrected chi connectivity index (χ4v) is 3.33. The Morgan fingerprint density at radius 2 is 1.84 bits per heavy atom. The van der Waals surface area contributed by atoms with Gasteiger partial charge in [0.25, 0.3) is 0 Å². The lowest BCUT2D eigenvalue weighted by Gasteiger charge is -2.14. The van der Waals surface area contributed by atoms with E-state index in [1.54, 1.807) is 42.5 Å². The number of benzene rings is 2. The van der Waals surface area contributed by atoms with Gasteiger partial charge in [0.1, 0.15) is 25.0 Å². The molecule has 134 valence electrons. The van der Waals surface area contributed by atoms with Crippen molar-refractivity contribution in [1.29, 1.82) is 0 Å². The Morgan fingerprint density at radius 3 is 2.52 bits per heavy atom. The predicted octanol–water partition coefficient (Wildman–Crippen LogP) is 2.63. The largest absolute Gasteiger partial charge is 0.490 e. The minimum atomic E-state index is -3.78. The molecule has 0 spiro atoms. The maximum atomic E-state index is 12.1. The summed E-state index contributed by atoms with van der Waals surface area (Å²) in [7, 11) is -3.78. The maximum Gasteiger partial charge on any atom is 0.324 e. The lowest BCUT2D eigenvalue weighted by molar-refractivity contribution is -0.145. The number of esters is 1. The molecule has 0 unspecified atom stereocenters. The predicted molar refractivity (Wildman–Crippen MR) is 94.1 cm³/mol. The van der Waals surface area contributed by atoms with Gasteiger partial charge >= 0.3 is 5.97 Å². The van der Waals surface area contributed by atoms with Gasteiger partial charge in [-0.25, -0.2) is 8.42 Å². The SMILES string of the molecule is C[C@H](NS(=O)(=O)c1ccccc1)C(=O)OCCOc1cccc(Cl)c1. The molecular formula is C17H18ClNO5S. The van der Waals surface area contributed by atoms with E-state index in [1.165, 1.54) is 19.1 Å². The van der Waals surface area contributed by atoms with E-state index in [2.05, 4.69) is 4.72 Å². The highest BCUT2D eigenvalue weighted by Gasteiger charge is 2.22. The van der Waals surface area contributed by atoms with Crippen molar-refractivity contribution in [3.05, 3.63) is 59.6 Å². The molecule has 8 heteroatoms. The van der Waals surface area contributed by atoms with Crippen LogP contribution >= 0.6 is 11.6 Å². The quantitative estimate of drug-likeness (QED) is 0.559. The van der Waals surface area contributed by atoms with Crippen LogP contribution in [0.25, 0.3) is 0 Å². The lowest BCUT2D eigenvalue weighted by Crippen LogP contribution is -2.39. The van der Waals surface area contributed by atoms with E-state index in [-0.39, 0.29) is 18.1 Å². The van der Waals surface area contributed by atoms with Gasteiger partial charge in [-0.3, -0.25) is 4.79 Å². The zero-order valence-corrected chi connectivity index (χ0v) is 15.1. The third-order valence-electron chi connectivity index (χ3n) is 3.13. The molecule has 0 aliphatic heterocycles. The zero-order chi connectivity index (χ0) is 18.3. The molecule has 1 atom stereocenters. The van der Waals surface area contributed by atoms with Crippen molar-refractivity contribution >= 4 is 27.6 Å². The molecule has 0 amide bonds. The zero-order valence-electron chi connectivity index (χ0n) is 13.5. The van der Waals surface area contributed by atoms with Crippen LogP contribution in [-0.4, -0.2) is 33.6 Å². The van der Waals surface area contributed by atoms with E-state index in [4.69, 9.17) is 21.1 Å². The van der Waals surface area contributed by atoms with E-state index in [9.17, 15) is 13.2 Å². The molecule has 25 heavy (non-hydrogen) atoms. The normalized spacial score (nSPS) is 12.4. The molecule has 0 aromatic heterocycles. The molecule has 0 fully saturated rings. The first-order valence-electron chi connectivity index (χ1n) is 7.51. The van der Waals surface area contributed by atoms with E-state index < -0.39 is 22.0 Å². The molecule has 2 aromatic rings. The molecule has 0 heterocycles. The first-order valence-corrected chi connectivity index (χ1v) is 9.37. The fourth-order valence-electron chi connectivity index (χ4n) is 1.93. The van der Waals surface area contributed by atoms with Crippen LogP contribution in [0.2, 0.25) is 5.02 Å². The summed E-state index contributed by atoms with van der Waals surface area (Å²) in [4.78, 5) is 12.0. The molecular weight excluding hydrogens is 366 g/mol. The van der Waals surface area contributed by atoms with Gasteiger partial charge in [-0.2, -0.15) is 4.72 Å². The Morgan fingerprint density at radius 1 is 1.12 bits per heavy atom. The van der Waals surface area contributed by atoms with Crippen LogP contribution in [0, 0.1) is 0 Å². The molecule has 0 bridgehead atoms. The van der Waals surface area contributed by atoms with Gasteiger partial charge in [0.2, 0.25) is 10.0 Å². The van der Waals surface area contributed by atoms with Crippen LogP contribution in [0.15, 0.2) is 59.5 Å². The van der Waals surface area contributed by atoms with Crippen LogP contribution in [0.4, 0.5) is 0 Å². The van der Waals surface area contributed by atoms with Crippen molar-refractivity contribution in [1.82, 2.24) is 4.72 Å². The van der Waals surface area contributed by atoms with Crippen LogP contribution in [-0.2, 0) is 19.6 Å². The molecule has 0 radical (unpaired) electrons. The monoisotopic (exact) mass is 383 g/mol. The highest BCUT2D eigenvalue weighted by molar-refractivity contribution is 7.89. The average Bonchev–Trinajstić information content (AvgIpc) is 2.59. The molecule has 0 aliphatic carbocycles. The summed E-state index contributed by atoms with van der Waals surface area (Å²) in [6.07, 6.45) is 0. The number of sulfonamides is 1. The number of rotatable bonds is 8. The second-order valence-corrected chi connectivity index (χ2v) is 7.28. The Hall–Kier alpha value is -2.09. The summed E-state index contributed by atoms with van der Waals surface area (Å²) in [6, 6.07) is 13.6. The summed E-state index contributed by atoms with van der Waals surface area (Å²) in [6.45, 7) is 1.54. The topological polar surface area (TPSA) is 81.7 Å². The molecule has 0 saturated heterocycles. The average molecular weight is 384 g/mol. The number of hydrogen-bond acceptors (Lipinski definition) is 5. The van der Waals surface area contributed by atoms with Gasteiger partial charge in [-0.05, 0) is 37.3 Å². The van der Waals surface area contributed by atoms with E-state index in [0.717, 1.165) is 0 Å². The van der Waals surface area contributed by atoms with Gasteiger partial charge in [-0.15, -0.1) is 0 Å². The minimum Gasteiger partial charge on any atom is -0.490 e. The minimum absolute atomic E-state index is 0.0112. The molecule has 6 nitrogen and oxygen atoms in total. The number of carbonyl (C=O) groups is 1. The van der Waals surface area contributed by atoms with Crippen molar-refractivity contribution in [2.45, 2.75) is 17.9 Å². The van der Waals surface area contributed by atoms with Gasteiger partial charge in [0, 0.05) is 5.02 Å². The second-order valence-electron chi connectivity index (χ2n) is 5.13. The summed E-state index contributed by atoms with van der Waals surface area (Å²) in [5.74, 6) is -0.129. The standard InChI is InChI=1S/C17H18ClNO5S/c1-13(19-25(21,22)16-8-3-2-4-9-16)17(20)24-11-10-23-15-7-5-6-14(18)12-15/h2-9,12-13,19H,10-11H2,1H3/t13-/m0/s1. The Bertz CT molecular complexity index is 811. The number of carbonyl (C=O) groups excluding carboxylic acids is 1. The van der Waals surface area contributed by atoms with Gasteiger partial charge in [0.15, 0.2) is 0 Å². The third kappa shape index (κ3) is 6.04. The van der Waals surface area contributed by atoms with Crippen LogP contribution in [0.5, 0.6) is 5.75 Å². The Kier molecular flexibility index (Phi) is 6.81. The number of ether oxygens (including phenoxy) is 2. The summed E-state index contributed by atoms with van der Waals surface area (Å²) in [5.41, 5.74) is 0. The summed E-state index contributed by atoms with van der Waals surface area (Å²) in [5, 5.41) is 0.540. The van der Waals surface area contributed by atoms with Crippen LogP contribution in [0.1, 0.15) is 6.92 Å². The van der Waals surface area contributed by atoms with Crippen molar-refractivity contribution in [3.63, 3.8) is 0 Å². The molecule has 0 saturated carbocycles. The fraction of sp³-hybridized carbons (Fsp3) is 0.235. The van der Waals surface area contributed by atoms with Crippen molar-refractivity contribution < 1.29 is 22.7 Å². The number of nitrogens with one attached hydrogen (secondary N) is 1. The highest BCUT2D eigenvalue weighted by Crippen LogP contribution is 2.16. The number of halogens is 1. The maximum absolute atomic E-state index is 12.1. The first-order chi connectivity index (χ1) is 11.9. The Balaban J connectivity index is 1.78. The second kappa shape index (κ2) is 8.84. The highest BCUT2D eigenvalue weighted by atomic mass is 35.5. The third-order valence-corrected chi connectivity index (χ3v) is 4.92. The van der Waals surface area contributed by atoms with E-state index >= 15 is 0 Å². The van der Waals surface area contributed by atoms with E-state index in [1.807, 2.05) is 0 Å². The van der Waals surface area contributed by atoms with Gasteiger partial charge in [-0.1, -0.05) is 35.9 Å².